The van der Waals surface area contributed by atoms with Crippen LogP contribution in [-0.2, 0) is 4.79 Å². The third kappa shape index (κ3) is 2.77. The van der Waals surface area contributed by atoms with Gasteiger partial charge in [0.25, 0.3) is 5.91 Å². The second-order valence-electron chi connectivity index (χ2n) is 4.88. The van der Waals surface area contributed by atoms with Crippen LogP contribution in [0.25, 0.3) is 0 Å². The monoisotopic (exact) mass is 336 g/mol. The van der Waals surface area contributed by atoms with Crippen LogP contribution in [-0.4, -0.2) is 44.0 Å². The summed E-state index contributed by atoms with van der Waals surface area (Å²) in [6, 6.07) is 0.589. The summed E-state index contributed by atoms with van der Waals surface area (Å²) in [4.78, 5) is 27.9. The summed E-state index contributed by atoms with van der Waals surface area (Å²) in [6.07, 6.45) is 0. The number of carbonyl (C=O) groups is 2. The van der Waals surface area contributed by atoms with Crippen molar-refractivity contribution in [2.75, 3.05) is 5.75 Å². The van der Waals surface area contributed by atoms with Crippen molar-refractivity contribution in [3.8, 4) is 0 Å². The minimum atomic E-state index is -1.00. The zero-order chi connectivity index (χ0) is 15.0. The molecule has 110 valence electrons. The summed E-state index contributed by atoms with van der Waals surface area (Å²) in [6.45, 7) is 3.91. The first-order chi connectivity index (χ1) is 9.32. The van der Waals surface area contributed by atoms with Crippen molar-refractivity contribution in [2.24, 2.45) is 5.92 Å². The molecule has 1 aliphatic rings. The van der Waals surface area contributed by atoms with E-state index in [9.17, 15) is 14.7 Å². The maximum absolute atomic E-state index is 12.5. The summed E-state index contributed by atoms with van der Waals surface area (Å²) in [5.41, 5.74) is 0.208. The fourth-order valence-corrected chi connectivity index (χ4v) is 3.93. The Labute approximate surface area is 130 Å². The van der Waals surface area contributed by atoms with Gasteiger partial charge in [-0.3, -0.25) is 4.79 Å². The molecule has 0 radical (unpaired) electrons. The van der Waals surface area contributed by atoms with Crippen molar-refractivity contribution >= 4 is 46.8 Å². The van der Waals surface area contributed by atoms with E-state index in [4.69, 9.17) is 23.2 Å². The maximum Gasteiger partial charge on any atom is 0.327 e. The van der Waals surface area contributed by atoms with Gasteiger partial charge >= 0.3 is 5.97 Å². The number of H-pyrrole nitrogens is 1. The first kappa shape index (κ1) is 15.5. The van der Waals surface area contributed by atoms with E-state index in [1.807, 2.05) is 13.8 Å². The molecule has 1 aliphatic heterocycles. The van der Waals surface area contributed by atoms with Crippen LogP contribution in [0.2, 0.25) is 10.2 Å². The number of nitrogens with one attached hydrogen (secondary N) is 1. The molecule has 1 aromatic rings. The minimum absolute atomic E-state index is 0.147. The van der Waals surface area contributed by atoms with Gasteiger partial charge in [-0.05, 0) is 12.0 Å². The number of nitrogens with zero attached hydrogens (tertiary/aromatic N) is 1. The van der Waals surface area contributed by atoms with E-state index in [2.05, 4.69) is 4.98 Å². The van der Waals surface area contributed by atoms with Gasteiger partial charge in [-0.2, -0.15) is 0 Å². The molecule has 20 heavy (non-hydrogen) atoms. The fourth-order valence-electron chi connectivity index (χ4n) is 2.15. The van der Waals surface area contributed by atoms with Gasteiger partial charge in [0.05, 0.1) is 10.4 Å². The minimum Gasteiger partial charge on any atom is -0.480 e. The lowest BCUT2D eigenvalue weighted by Gasteiger charge is -2.29. The quantitative estimate of drug-likeness (QED) is 0.889. The number of carbonyl (C=O) groups excluding carboxylic acids is 1. The number of halogens is 2. The molecule has 0 aliphatic carbocycles. The predicted molar refractivity (Wildman–Crippen MR) is 79.5 cm³/mol. The van der Waals surface area contributed by atoms with Gasteiger partial charge in [0, 0.05) is 5.75 Å². The van der Waals surface area contributed by atoms with Crippen LogP contribution in [0.15, 0.2) is 6.07 Å². The first-order valence-electron chi connectivity index (χ1n) is 6.04. The third-order valence-electron chi connectivity index (χ3n) is 3.08. The molecular formula is C12H14Cl2N2O3S. The molecule has 1 amide bonds. The number of hydrogen-bond acceptors (Lipinski definition) is 3. The highest BCUT2D eigenvalue weighted by Gasteiger charge is 2.43. The average molecular weight is 337 g/mol. The molecule has 0 aromatic carbocycles. The SMILES string of the molecule is CC(C)C1SCC(C(=O)O)N1C(=O)c1cc(Cl)c(Cl)[nH]1. The number of aromatic nitrogens is 1. The smallest absolute Gasteiger partial charge is 0.327 e. The second-order valence-corrected chi connectivity index (χ2v) is 6.81. The Hall–Kier alpha value is -0.850. The first-order valence-corrected chi connectivity index (χ1v) is 7.84. The van der Waals surface area contributed by atoms with Gasteiger partial charge < -0.3 is 15.0 Å². The average Bonchev–Trinajstić information content (AvgIpc) is 2.93. The summed E-state index contributed by atoms with van der Waals surface area (Å²) >= 11 is 13.1. The highest BCUT2D eigenvalue weighted by atomic mass is 35.5. The van der Waals surface area contributed by atoms with Gasteiger partial charge in [-0.15, -0.1) is 11.8 Å². The van der Waals surface area contributed by atoms with E-state index in [0.29, 0.717) is 5.75 Å². The van der Waals surface area contributed by atoms with E-state index < -0.39 is 17.9 Å². The van der Waals surface area contributed by atoms with Crippen LogP contribution >= 0.6 is 35.0 Å². The number of hydrogen-bond donors (Lipinski definition) is 2. The van der Waals surface area contributed by atoms with Gasteiger partial charge in [-0.1, -0.05) is 37.0 Å². The Morgan fingerprint density at radius 3 is 2.60 bits per heavy atom. The van der Waals surface area contributed by atoms with Crippen molar-refractivity contribution in [1.29, 1.82) is 0 Å². The molecule has 5 nitrogen and oxygen atoms in total. The summed E-state index contributed by atoms with van der Waals surface area (Å²) in [7, 11) is 0. The summed E-state index contributed by atoms with van der Waals surface area (Å²) < 4.78 is 0. The maximum atomic E-state index is 12.5. The highest BCUT2D eigenvalue weighted by Crippen LogP contribution is 2.35. The topological polar surface area (TPSA) is 73.4 Å². The van der Waals surface area contributed by atoms with E-state index in [-0.39, 0.29) is 27.2 Å². The zero-order valence-corrected chi connectivity index (χ0v) is 13.2. The molecule has 0 saturated carbocycles. The van der Waals surface area contributed by atoms with Gasteiger partial charge in [0.1, 0.15) is 16.9 Å². The third-order valence-corrected chi connectivity index (χ3v) is 5.39. The molecular weight excluding hydrogens is 323 g/mol. The van der Waals surface area contributed by atoms with Crippen LogP contribution < -0.4 is 0 Å². The standard InChI is InChI=1S/C12H14Cl2N2O3S/c1-5(2)11-16(8(4-20-11)12(18)19)10(17)7-3-6(13)9(14)15-7/h3,5,8,11,15H,4H2,1-2H3,(H,18,19). The lowest BCUT2D eigenvalue weighted by atomic mass is 10.1. The number of amides is 1. The molecule has 1 saturated heterocycles. The van der Waals surface area contributed by atoms with Crippen molar-refractivity contribution in [1.82, 2.24) is 9.88 Å². The number of carboxylic acids is 1. The molecule has 2 heterocycles. The molecule has 1 fully saturated rings. The Balaban J connectivity index is 2.34. The highest BCUT2D eigenvalue weighted by molar-refractivity contribution is 8.00. The van der Waals surface area contributed by atoms with E-state index in [1.54, 1.807) is 0 Å². The Morgan fingerprint density at radius 1 is 1.50 bits per heavy atom. The van der Waals surface area contributed by atoms with Crippen molar-refractivity contribution in [3.63, 3.8) is 0 Å². The van der Waals surface area contributed by atoms with Gasteiger partial charge in [0.2, 0.25) is 0 Å². The van der Waals surface area contributed by atoms with Gasteiger partial charge in [0.15, 0.2) is 0 Å². The van der Waals surface area contributed by atoms with Crippen LogP contribution in [0.1, 0.15) is 24.3 Å². The van der Waals surface area contributed by atoms with Crippen LogP contribution in [0.3, 0.4) is 0 Å². The van der Waals surface area contributed by atoms with Crippen molar-refractivity contribution < 1.29 is 14.7 Å². The number of thioether (sulfide) groups is 1. The molecule has 2 N–H and O–H groups in total. The fraction of sp³-hybridized carbons (Fsp3) is 0.500. The lowest BCUT2D eigenvalue weighted by molar-refractivity contribution is -0.141. The van der Waals surface area contributed by atoms with Crippen LogP contribution in [0.4, 0.5) is 0 Å². The lowest BCUT2D eigenvalue weighted by Crippen LogP contribution is -2.47. The van der Waals surface area contributed by atoms with Crippen molar-refractivity contribution in [3.05, 3.63) is 21.9 Å². The molecule has 2 unspecified atom stereocenters. The predicted octanol–water partition coefficient (Wildman–Crippen LogP) is 2.95. The summed E-state index contributed by atoms with van der Waals surface area (Å²) in [5, 5.41) is 9.51. The van der Waals surface area contributed by atoms with E-state index >= 15 is 0 Å². The Bertz CT molecular complexity index is 527. The van der Waals surface area contributed by atoms with E-state index in [0.717, 1.165) is 0 Å². The molecule has 1 aromatic heterocycles. The largest absolute Gasteiger partial charge is 0.480 e. The zero-order valence-electron chi connectivity index (χ0n) is 10.9. The molecule has 2 rings (SSSR count). The normalized spacial score (nSPS) is 22.6. The second kappa shape index (κ2) is 5.87. The Kier molecular flexibility index (Phi) is 4.56. The molecule has 0 spiro atoms. The summed E-state index contributed by atoms with van der Waals surface area (Å²) in [5.74, 6) is -0.867. The number of aromatic amines is 1. The van der Waals surface area contributed by atoms with Crippen molar-refractivity contribution in [2.45, 2.75) is 25.3 Å². The Morgan fingerprint density at radius 2 is 2.15 bits per heavy atom. The molecule has 8 heteroatoms. The van der Waals surface area contributed by atoms with Gasteiger partial charge in [-0.25, -0.2) is 4.79 Å². The molecule has 2 atom stereocenters. The number of rotatable bonds is 3. The molecule has 0 bridgehead atoms. The van der Waals surface area contributed by atoms with E-state index in [1.165, 1.54) is 22.7 Å². The van der Waals surface area contributed by atoms with Crippen LogP contribution in [0.5, 0.6) is 0 Å². The number of aliphatic carboxylic acids is 1. The van der Waals surface area contributed by atoms with Crippen LogP contribution in [0, 0.1) is 5.92 Å². The number of carboxylic acid groups (broad SMARTS) is 1.